The van der Waals surface area contributed by atoms with E-state index >= 15 is 0 Å². The van der Waals surface area contributed by atoms with Crippen molar-refractivity contribution < 1.29 is 27.9 Å². The fraction of sp³-hybridized carbons (Fsp3) is 0.647. The molecule has 2 N–H and O–H groups in total. The number of rotatable bonds is 4. The minimum absolute atomic E-state index is 0.0875. The predicted molar refractivity (Wildman–Crippen MR) is 91.7 cm³/mol. The summed E-state index contributed by atoms with van der Waals surface area (Å²) in [4.78, 5) is 23.4. The van der Waals surface area contributed by atoms with Crippen molar-refractivity contribution in [1.82, 2.24) is 10.2 Å². The molecule has 5 nitrogen and oxygen atoms in total. The average Bonchev–Trinajstić information content (AvgIpc) is 3.25. The van der Waals surface area contributed by atoms with Gasteiger partial charge in [0.05, 0.1) is 0 Å². The number of hydrogen-bond acceptors (Lipinski definition) is 4. The van der Waals surface area contributed by atoms with Crippen LogP contribution in [0, 0.1) is 5.92 Å². The lowest BCUT2D eigenvalue weighted by atomic mass is 9.95. The highest BCUT2D eigenvalue weighted by atomic mass is 32.1. The minimum atomic E-state index is -5.08. The van der Waals surface area contributed by atoms with Crippen LogP contribution in [-0.4, -0.2) is 46.2 Å². The number of halogens is 3. The Balaban J connectivity index is 0.000000298. The first-order valence-electron chi connectivity index (χ1n) is 8.47. The first kappa shape index (κ1) is 20.7. The Morgan fingerprint density at radius 3 is 2.54 bits per heavy atom. The Morgan fingerprint density at radius 1 is 1.38 bits per heavy atom. The smallest absolute Gasteiger partial charge is 0.475 e. The zero-order valence-electron chi connectivity index (χ0n) is 14.6. The topological polar surface area (TPSA) is 69.6 Å². The maximum atomic E-state index is 11.9. The number of aliphatic carboxylic acids is 1. The van der Waals surface area contributed by atoms with E-state index in [1.165, 1.54) is 18.4 Å². The highest BCUT2D eigenvalue weighted by Gasteiger charge is 2.46. The van der Waals surface area contributed by atoms with E-state index in [4.69, 9.17) is 9.90 Å². The van der Waals surface area contributed by atoms with Gasteiger partial charge in [-0.2, -0.15) is 24.5 Å². The van der Waals surface area contributed by atoms with Crippen LogP contribution in [0.4, 0.5) is 13.2 Å². The minimum Gasteiger partial charge on any atom is -0.475 e. The Morgan fingerprint density at radius 2 is 2.04 bits per heavy atom. The van der Waals surface area contributed by atoms with E-state index < -0.39 is 12.1 Å². The number of carboxylic acid groups (broad SMARTS) is 1. The molecule has 0 spiro atoms. The third-order valence-corrected chi connectivity index (χ3v) is 5.45. The quantitative estimate of drug-likeness (QED) is 0.825. The maximum Gasteiger partial charge on any atom is 0.490 e. The van der Waals surface area contributed by atoms with E-state index in [2.05, 4.69) is 27.0 Å². The molecule has 0 aliphatic carbocycles. The molecule has 2 saturated heterocycles. The summed E-state index contributed by atoms with van der Waals surface area (Å²) in [5.74, 6) is -2.47. The van der Waals surface area contributed by atoms with E-state index in [0.29, 0.717) is 18.1 Å². The Kier molecular flexibility index (Phi) is 6.68. The van der Waals surface area contributed by atoms with Crippen LogP contribution in [0.1, 0.15) is 38.7 Å². The molecule has 1 amide bonds. The van der Waals surface area contributed by atoms with Crippen molar-refractivity contribution in [3.63, 3.8) is 0 Å². The highest BCUT2D eigenvalue weighted by Crippen LogP contribution is 2.39. The Bertz CT molecular complexity index is 619. The predicted octanol–water partition coefficient (Wildman–Crippen LogP) is 3.26. The van der Waals surface area contributed by atoms with E-state index in [9.17, 15) is 18.0 Å². The first-order valence-corrected chi connectivity index (χ1v) is 9.41. The van der Waals surface area contributed by atoms with E-state index in [1.807, 2.05) is 13.8 Å². The fourth-order valence-electron chi connectivity index (χ4n) is 3.45. The Labute approximate surface area is 154 Å². The van der Waals surface area contributed by atoms with Gasteiger partial charge in [-0.1, -0.05) is 13.8 Å². The van der Waals surface area contributed by atoms with E-state index in [0.717, 1.165) is 13.0 Å². The number of thiophene rings is 1. The van der Waals surface area contributed by atoms with Crippen molar-refractivity contribution in [2.24, 2.45) is 5.92 Å². The number of hydrogen-bond donors (Lipinski definition) is 2. The summed E-state index contributed by atoms with van der Waals surface area (Å²) < 4.78 is 31.7. The molecule has 0 saturated carbocycles. The number of carbonyl (C=O) groups is 2. The van der Waals surface area contributed by atoms with Crippen molar-refractivity contribution in [2.75, 3.05) is 0 Å². The van der Waals surface area contributed by atoms with Crippen LogP contribution in [0.25, 0.3) is 0 Å². The van der Waals surface area contributed by atoms with Gasteiger partial charge in [-0.25, -0.2) is 4.79 Å². The van der Waals surface area contributed by atoms with E-state index in [-0.39, 0.29) is 11.8 Å². The molecule has 3 unspecified atom stereocenters. The number of fused-ring (bicyclic) bond motifs is 2. The van der Waals surface area contributed by atoms with Crippen molar-refractivity contribution >= 4 is 23.2 Å². The van der Waals surface area contributed by atoms with Gasteiger partial charge in [0.25, 0.3) is 0 Å². The number of carboxylic acids is 1. The zero-order chi connectivity index (χ0) is 19.5. The molecule has 2 aliphatic rings. The van der Waals surface area contributed by atoms with Gasteiger partial charge in [-0.3, -0.25) is 9.69 Å². The molecular weight excluding hydrogens is 369 g/mol. The second-order valence-electron chi connectivity index (χ2n) is 6.91. The summed E-state index contributed by atoms with van der Waals surface area (Å²) in [5, 5.41) is 14.7. The summed E-state index contributed by atoms with van der Waals surface area (Å²) in [6.07, 6.45) is -1.42. The summed E-state index contributed by atoms with van der Waals surface area (Å²) in [6, 6.07) is 3.80. The van der Waals surface area contributed by atoms with Gasteiger partial charge in [-0.05, 0) is 41.7 Å². The first-order chi connectivity index (χ1) is 12.1. The second-order valence-corrected chi connectivity index (χ2v) is 7.69. The monoisotopic (exact) mass is 392 g/mol. The molecule has 26 heavy (non-hydrogen) atoms. The van der Waals surface area contributed by atoms with Gasteiger partial charge < -0.3 is 10.4 Å². The van der Waals surface area contributed by atoms with E-state index in [1.54, 1.807) is 11.3 Å². The van der Waals surface area contributed by atoms with Crippen LogP contribution >= 0.6 is 11.3 Å². The number of alkyl halides is 3. The molecule has 1 aromatic rings. The van der Waals surface area contributed by atoms with Crippen LogP contribution in [0.3, 0.4) is 0 Å². The van der Waals surface area contributed by atoms with Gasteiger partial charge in [0, 0.05) is 30.6 Å². The number of amides is 1. The van der Waals surface area contributed by atoms with Crippen LogP contribution in [0.2, 0.25) is 0 Å². The summed E-state index contributed by atoms with van der Waals surface area (Å²) >= 11 is 1.76. The van der Waals surface area contributed by atoms with Crippen molar-refractivity contribution in [3.05, 3.63) is 22.4 Å². The largest absolute Gasteiger partial charge is 0.490 e. The molecular formula is C17H23F3N2O3S. The normalized spacial score (nSPS) is 25.1. The molecule has 3 heterocycles. The lowest BCUT2D eigenvalue weighted by Crippen LogP contribution is -2.45. The third kappa shape index (κ3) is 5.20. The Hall–Kier alpha value is -1.61. The lowest BCUT2D eigenvalue weighted by Gasteiger charge is -2.25. The molecule has 9 heteroatoms. The van der Waals surface area contributed by atoms with Crippen LogP contribution < -0.4 is 5.32 Å². The van der Waals surface area contributed by atoms with Gasteiger partial charge in [0.15, 0.2) is 0 Å². The molecule has 2 fully saturated rings. The number of nitrogens with zero attached hydrogens (tertiary/aromatic N) is 1. The molecule has 0 aromatic carbocycles. The van der Waals surface area contributed by atoms with Gasteiger partial charge in [0.1, 0.15) is 0 Å². The second kappa shape index (κ2) is 8.39. The number of nitrogens with one attached hydrogen (secondary N) is 1. The summed E-state index contributed by atoms with van der Waals surface area (Å²) in [7, 11) is 0. The standard InChI is InChI=1S/C15H22N2OS.C2HF3O2/c1-10(2)15(18)16-13-7-12-3-4-14(13)17(12)8-11-5-6-19-9-11;3-2(4,5)1(6)7/h5-6,9-10,12-14H,3-4,7-8H2,1-2H3,(H,16,18);(H,6,7). The third-order valence-electron chi connectivity index (χ3n) is 4.72. The number of carbonyl (C=O) groups excluding carboxylic acids is 1. The molecule has 146 valence electrons. The van der Waals surface area contributed by atoms with Gasteiger partial charge in [-0.15, -0.1) is 0 Å². The average molecular weight is 392 g/mol. The fourth-order valence-corrected chi connectivity index (χ4v) is 4.11. The summed E-state index contributed by atoms with van der Waals surface area (Å²) in [6.45, 7) is 4.98. The molecule has 2 aliphatic heterocycles. The molecule has 3 atom stereocenters. The molecule has 1 aromatic heterocycles. The van der Waals surface area contributed by atoms with Gasteiger partial charge in [0.2, 0.25) is 5.91 Å². The zero-order valence-corrected chi connectivity index (χ0v) is 15.4. The SMILES string of the molecule is CC(C)C(=O)NC1CC2CCC1N2Cc1ccsc1.O=C(O)C(F)(F)F. The summed E-state index contributed by atoms with van der Waals surface area (Å²) in [5.41, 5.74) is 1.41. The van der Waals surface area contributed by atoms with Crippen molar-refractivity contribution in [3.8, 4) is 0 Å². The lowest BCUT2D eigenvalue weighted by molar-refractivity contribution is -0.192. The van der Waals surface area contributed by atoms with Crippen LogP contribution in [0.15, 0.2) is 16.8 Å². The molecule has 0 radical (unpaired) electrons. The van der Waals surface area contributed by atoms with Crippen molar-refractivity contribution in [2.45, 2.75) is 64.0 Å². The van der Waals surface area contributed by atoms with Crippen LogP contribution in [-0.2, 0) is 16.1 Å². The maximum absolute atomic E-state index is 11.9. The molecule has 3 rings (SSSR count). The van der Waals surface area contributed by atoms with Crippen molar-refractivity contribution in [1.29, 1.82) is 0 Å². The molecule has 2 bridgehead atoms. The highest BCUT2D eigenvalue weighted by molar-refractivity contribution is 7.07. The van der Waals surface area contributed by atoms with Gasteiger partial charge >= 0.3 is 12.1 Å². The van der Waals surface area contributed by atoms with Crippen LogP contribution in [0.5, 0.6) is 0 Å².